The Morgan fingerprint density at radius 1 is 0.789 bits per heavy atom. The van der Waals surface area contributed by atoms with Crippen molar-refractivity contribution in [1.82, 2.24) is 0 Å². The average Bonchev–Trinajstić information content (AvgIpc) is 2.42. The van der Waals surface area contributed by atoms with Crippen molar-refractivity contribution in [3.8, 4) is 0 Å². The highest BCUT2D eigenvalue weighted by atomic mass is 32.1. The van der Waals surface area contributed by atoms with Crippen LogP contribution in [0.15, 0.2) is 23.1 Å². The molecule has 0 aliphatic heterocycles. The molecule has 0 amide bonds. The van der Waals surface area contributed by atoms with Crippen LogP contribution in [0.1, 0.15) is 76.3 Å². The Labute approximate surface area is 125 Å². The zero-order chi connectivity index (χ0) is 13.9. The van der Waals surface area contributed by atoms with Crippen molar-refractivity contribution >= 4 is 12.6 Å². The van der Waals surface area contributed by atoms with Gasteiger partial charge in [-0.1, -0.05) is 64.5 Å². The van der Waals surface area contributed by atoms with E-state index in [2.05, 4.69) is 44.7 Å². The summed E-state index contributed by atoms with van der Waals surface area (Å²) in [5.41, 5.74) is 3.05. The quantitative estimate of drug-likeness (QED) is 0.381. The highest BCUT2D eigenvalue weighted by molar-refractivity contribution is 7.80. The zero-order valence-corrected chi connectivity index (χ0v) is 13.6. The maximum absolute atomic E-state index is 4.66. The van der Waals surface area contributed by atoms with Crippen molar-refractivity contribution in [2.45, 2.75) is 83.0 Å². The molecule has 0 saturated heterocycles. The van der Waals surface area contributed by atoms with E-state index in [1.165, 1.54) is 74.7 Å². The molecular formula is C18H30S. The Bertz CT molecular complexity index is 344. The van der Waals surface area contributed by atoms with Crippen LogP contribution in [0.3, 0.4) is 0 Å². The van der Waals surface area contributed by atoms with Crippen molar-refractivity contribution in [3.63, 3.8) is 0 Å². The van der Waals surface area contributed by atoms with Crippen LogP contribution in [0.4, 0.5) is 0 Å². The average molecular weight is 279 g/mol. The molecule has 0 N–H and O–H groups in total. The number of hydrogen-bond donors (Lipinski definition) is 1. The largest absolute Gasteiger partial charge is 0.143 e. The van der Waals surface area contributed by atoms with Gasteiger partial charge < -0.3 is 0 Å². The van der Waals surface area contributed by atoms with Gasteiger partial charge in [0, 0.05) is 4.90 Å². The van der Waals surface area contributed by atoms with E-state index in [9.17, 15) is 0 Å². The van der Waals surface area contributed by atoms with Crippen LogP contribution in [-0.4, -0.2) is 0 Å². The third kappa shape index (κ3) is 6.51. The lowest BCUT2D eigenvalue weighted by Crippen LogP contribution is -1.97. The molecule has 0 heterocycles. The Morgan fingerprint density at radius 3 is 2.05 bits per heavy atom. The van der Waals surface area contributed by atoms with Gasteiger partial charge in [-0.15, -0.1) is 12.6 Å². The first-order valence-electron chi connectivity index (χ1n) is 8.09. The predicted molar refractivity (Wildman–Crippen MR) is 89.4 cm³/mol. The predicted octanol–water partition coefficient (Wildman–Crippen LogP) is 6.22. The van der Waals surface area contributed by atoms with Gasteiger partial charge in [-0.3, -0.25) is 0 Å². The minimum absolute atomic E-state index is 1.20. The number of aryl methyl sites for hydroxylation is 1. The van der Waals surface area contributed by atoms with E-state index in [1.54, 1.807) is 5.56 Å². The van der Waals surface area contributed by atoms with Crippen LogP contribution in [0.2, 0.25) is 0 Å². The first-order chi connectivity index (χ1) is 9.29. The fraction of sp³-hybridized carbons (Fsp3) is 0.667. The standard InChI is InChI=1S/C18H30S/c1-3-5-7-9-12-16-13-11-15-18(19)17(16)14-10-8-6-4-2/h11,13,15,19H,3-10,12,14H2,1-2H3. The monoisotopic (exact) mass is 278 g/mol. The normalized spacial score (nSPS) is 10.9. The van der Waals surface area contributed by atoms with Gasteiger partial charge in [0.05, 0.1) is 0 Å². The van der Waals surface area contributed by atoms with Crippen molar-refractivity contribution in [2.24, 2.45) is 0 Å². The van der Waals surface area contributed by atoms with E-state index in [-0.39, 0.29) is 0 Å². The summed E-state index contributed by atoms with van der Waals surface area (Å²) in [6.45, 7) is 4.54. The van der Waals surface area contributed by atoms with E-state index in [0.717, 1.165) is 0 Å². The van der Waals surface area contributed by atoms with Crippen molar-refractivity contribution in [3.05, 3.63) is 29.3 Å². The van der Waals surface area contributed by atoms with Crippen molar-refractivity contribution in [2.75, 3.05) is 0 Å². The minimum Gasteiger partial charge on any atom is -0.143 e. The first kappa shape index (κ1) is 16.6. The Kier molecular flexibility index (Phi) is 9.07. The van der Waals surface area contributed by atoms with Crippen LogP contribution in [0, 0.1) is 0 Å². The number of thiol groups is 1. The lowest BCUT2D eigenvalue weighted by Gasteiger charge is -2.12. The van der Waals surface area contributed by atoms with Crippen LogP contribution in [0.5, 0.6) is 0 Å². The Hall–Kier alpha value is -0.430. The molecule has 0 bridgehead atoms. The molecule has 0 radical (unpaired) electrons. The highest BCUT2D eigenvalue weighted by Gasteiger charge is 2.06. The molecule has 0 spiro atoms. The van der Waals surface area contributed by atoms with Gasteiger partial charge in [0.25, 0.3) is 0 Å². The molecule has 0 saturated carbocycles. The number of rotatable bonds is 10. The molecule has 108 valence electrons. The molecule has 0 aliphatic carbocycles. The summed E-state index contributed by atoms with van der Waals surface area (Å²) in [6, 6.07) is 6.61. The fourth-order valence-electron chi connectivity index (χ4n) is 2.61. The number of unbranched alkanes of at least 4 members (excludes halogenated alkanes) is 6. The number of hydrogen-bond acceptors (Lipinski definition) is 1. The lowest BCUT2D eigenvalue weighted by atomic mass is 9.96. The summed E-state index contributed by atoms with van der Waals surface area (Å²) in [7, 11) is 0. The van der Waals surface area contributed by atoms with Gasteiger partial charge >= 0.3 is 0 Å². The molecule has 0 atom stereocenters. The molecule has 1 aromatic carbocycles. The van der Waals surface area contributed by atoms with Crippen molar-refractivity contribution < 1.29 is 0 Å². The first-order valence-corrected chi connectivity index (χ1v) is 8.54. The number of benzene rings is 1. The van der Waals surface area contributed by atoms with E-state index in [1.807, 2.05) is 0 Å². The third-order valence-corrected chi connectivity index (χ3v) is 4.25. The summed E-state index contributed by atoms with van der Waals surface area (Å²) in [4.78, 5) is 1.20. The van der Waals surface area contributed by atoms with E-state index in [4.69, 9.17) is 0 Å². The third-order valence-electron chi connectivity index (χ3n) is 3.83. The van der Waals surface area contributed by atoms with Gasteiger partial charge in [0.15, 0.2) is 0 Å². The van der Waals surface area contributed by atoms with Crippen LogP contribution in [-0.2, 0) is 12.8 Å². The van der Waals surface area contributed by atoms with Crippen LogP contribution >= 0.6 is 12.6 Å². The molecule has 0 aromatic heterocycles. The van der Waals surface area contributed by atoms with E-state index >= 15 is 0 Å². The summed E-state index contributed by atoms with van der Waals surface area (Å²) < 4.78 is 0. The summed E-state index contributed by atoms with van der Waals surface area (Å²) in [5, 5.41) is 0. The molecule has 0 aliphatic rings. The lowest BCUT2D eigenvalue weighted by molar-refractivity contribution is 0.647. The Balaban J connectivity index is 2.51. The molecule has 1 aromatic rings. The van der Waals surface area contributed by atoms with Crippen LogP contribution in [0.25, 0.3) is 0 Å². The van der Waals surface area contributed by atoms with Gasteiger partial charge in [-0.2, -0.15) is 0 Å². The Morgan fingerprint density at radius 2 is 1.42 bits per heavy atom. The second-order valence-electron chi connectivity index (χ2n) is 5.54. The smallest absolute Gasteiger partial charge is 0.00747 e. The van der Waals surface area contributed by atoms with E-state index < -0.39 is 0 Å². The SMILES string of the molecule is CCCCCCc1cccc(S)c1CCCCCC. The molecular weight excluding hydrogens is 248 g/mol. The van der Waals surface area contributed by atoms with E-state index in [0.29, 0.717) is 0 Å². The molecule has 1 heteroatoms. The van der Waals surface area contributed by atoms with Gasteiger partial charge in [-0.05, 0) is 42.9 Å². The maximum Gasteiger partial charge on any atom is 0.00747 e. The maximum atomic E-state index is 4.66. The summed E-state index contributed by atoms with van der Waals surface area (Å²) in [6.07, 6.45) is 13.2. The van der Waals surface area contributed by atoms with Crippen LogP contribution < -0.4 is 0 Å². The second kappa shape index (κ2) is 10.4. The zero-order valence-electron chi connectivity index (χ0n) is 12.8. The minimum atomic E-state index is 1.20. The molecule has 1 rings (SSSR count). The summed E-state index contributed by atoms with van der Waals surface area (Å²) in [5.74, 6) is 0. The molecule has 0 unspecified atom stereocenters. The molecule has 0 nitrogen and oxygen atoms in total. The summed E-state index contributed by atoms with van der Waals surface area (Å²) >= 11 is 4.66. The van der Waals surface area contributed by atoms with Gasteiger partial charge in [0.2, 0.25) is 0 Å². The topological polar surface area (TPSA) is 0 Å². The fourth-order valence-corrected chi connectivity index (χ4v) is 2.96. The van der Waals surface area contributed by atoms with Crippen molar-refractivity contribution in [1.29, 1.82) is 0 Å². The highest BCUT2D eigenvalue weighted by Crippen LogP contribution is 2.23. The van der Waals surface area contributed by atoms with Gasteiger partial charge in [0.1, 0.15) is 0 Å². The van der Waals surface area contributed by atoms with Gasteiger partial charge in [-0.25, -0.2) is 0 Å². The molecule has 0 fully saturated rings. The second-order valence-corrected chi connectivity index (χ2v) is 6.02. The molecule has 19 heavy (non-hydrogen) atoms.